The van der Waals surface area contributed by atoms with Crippen LogP contribution in [0.3, 0.4) is 0 Å². The lowest BCUT2D eigenvalue weighted by molar-refractivity contribution is -0.139. The van der Waals surface area contributed by atoms with Gasteiger partial charge in [0.25, 0.3) is 0 Å². The van der Waals surface area contributed by atoms with E-state index in [0.29, 0.717) is 6.54 Å². The Morgan fingerprint density at radius 1 is 1.11 bits per heavy atom. The van der Waals surface area contributed by atoms with Crippen LogP contribution in [-0.2, 0) is 9.59 Å². The van der Waals surface area contributed by atoms with Gasteiger partial charge in [-0.25, -0.2) is 0 Å². The number of hydrogen-bond acceptors (Lipinski definition) is 3. The summed E-state index contributed by atoms with van der Waals surface area (Å²) in [4.78, 5) is 25.1. The molecule has 106 valence electrons. The molecular formula is C13H27N3O2. The SMILES string of the molecule is CCC(C)NC(=O)C(=O)NCCCN(CC)CC. The third-order valence-electron chi connectivity index (χ3n) is 3.03. The minimum Gasteiger partial charge on any atom is -0.348 e. The van der Waals surface area contributed by atoms with Crippen molar-refractivity contribution in [1.82, 2.24) is 15.5 Å². The first-order valence-electron chi connectivity index (χ1n) is 6.86. The summed E-state index contributed by atoms with van der Waals surface area (Å²) < 4.78 is 0. The first kappa shape index (κ1) is 16.9. The summed E-state index contributed by atoms with van der Waals surface area (Å²) in [5, 5.41) is 5.28. The second-order valence-electron chi connectivity index (χ2n) is 4.42. The van der Waals surface area contributed by atoms with Crippen LogP contribution in [0.5, 0.6) is 0 Å². The van der Waals surface area contributed by atoms with E-state index in [1.807, 2.05) is 13.8 Å². The van der Waals surface area contributed by atoms with Gasteiger partial charge < -0.3 is 15.5 Å². The Balaban J connectivity index is 3.73. The second-order valence-corrected chi connectivity index (χ2v) is 4.42. The molecule has 0 bridgehead atoms. The Bertz CT molecular complexity index is 253. The lowest BCUT2D eigenvalue weighted by Crippen LogP contribution is -2.44. The molecule has 0 aliphatic rings. The number of hydrogen-bond donors (Lipinski definition) is 2. The maximum atomic E-state index is 11.4. The molecule has 5 heteroatoms. The van der Waals surface area contributed by atoms with Crippen molar-refractivity contribution < 1.29 is 9.59 Å². The van der Waals surface area contributed by atoms with Crippen LogP contribution in [0, 0.1) is 0 Å². The Hall–Kier alpha value is -1.10. The minimum absolute atomic E-state index is 0.0407. The Labute approximate surface area is 110 Å². The molecule has 1 unspecified atom stereocenters. The molecule has 0 radical (unpaired) electrons. The van der Waals surface area contributed by atoms with Crippen molar-refractivity contribution in [2.75, 3.05) is 26.2 Å². The Morgan fingerprint density at radius 2 is 1.72 bits per heavy atom. The molecule has 18 heavy (non-hydrogen) atoms. The summed E-state index contributed by atoms with van der Waals surface area (Å²) in [5.41, 5.74) is 0. The molecule has 0 spiro atoms. The van der Waals surface area contributed by atoms with Gasteiger partial charge in [-0.2, -0.15) is 0 Å². The summed E-state index contributed by atoms with van der Waals surface area (Å²) in [6.07, 6.45) is 1.69. The van der Waals surface area contributed by atoms with E-state index in [9.17, 15) is 9.59 Å². The van der Waals surface area contributed by atoms with Gasteiger partial charge in [0.05, 0.1) is 0 Å². The molecule has 0 aromatic carbocycles. The molecule has 0 rings (SSSR count). The largest absolute Gasteiger partial charge is 0.348 e. The third-order valence-corrected chi connectivity index (χ3v) is 3.03. The van der Waals surface area contributed by atoms with E-state index in [1.54, 1.807) is 0 Å². The fourth-order valence-electron chi connectivity index (χ4n) is 1.52. The zero-order chi connectivity index (χ0) is 14.0. The number of rotatable bonds is 8. The molecule has 2 N–H and O–H groups in total. The standard InChI is InChI=1S/C13H27N3O2/c1-5-11(4)15-13(18)12(17)14-9-8-10-16(6-2)7-3/h11H,5-10H2,1-4H3,(H,14,17)(H,15,18). The highest BCUT2D eigenvalue weighted by atomic mass is 16.2. The summed E-state index contributed by atoms with van der Waals surface area (Å²) >= 11 is 0. The maximum absolute atomic E-state index is 11.4. The topological polar surface area (TPSA) is 61.4 Å². The van der Waals surface area contributed by atoms with E-state index in [0.717, 1.165) is 32.5 Å². The Morgan fingerprint density at radius 3 is 2.22 bits per heavy atom. The average molecular weight is 257 g/mol. The number of carbonyl (C=O) groups excluding carboxylic acids is 2. The Kier molecular flexibility index (Phi) is 9.28. The molecule has 0 aliphatic carbocycles. The predicted molar refractivity (Wildman–Crippen MR) is 73.3 cm³/mol. The second kappa shape index (κ2) is 9.88. The summed E-state index contributed by atoms with van der Waals surface area (Å²) in [5.74, 6) is -1.07. The average Bonchev–Trinajstić information content (AvgIpc) is 2.38. The molecular weight excluding hydrogens is 230 g/mol. The molecule has 0 fully saturated rings. The highest BCUT2D eigenvalue weighted by Crippen LogP contribution is 1.90. The highest BCUT2D eigenvalue weighted by Gasteiger charge is 2.14. The smallest absolute Gasteiger partial charge is 0.309 e. The predicted octanol–water partition coefficient (Wildman–Crippen LogP) is 0.749. The first-order chi connectivity index (χ1) is 8.54. The molecule has 0 saturated carbocycles. The molecule has 5 nitrogen and oxygen atoms in total. The van der Waals surface area contributed by atoms with Gasteiger partial charge in [0.15, 0.2) is 0 Å². The van der Waals surface area contributed by atoms with Crippen molar-refractivity contribution in [3.63, 3.8) is 0 Å². The molecule has 2 amide bonds. The van der Waals surface area contributed by atoms with E-state index in [4.69, 9.17) is 0 Å². The minimum atomic E-state index is -0.535. The normalized spacial score (nSPS) is 12.3. The zero-order valence-electron chi connectivity index (χ0n) is 12.1. The summed E-state index contributed by atoms with van der Waals surface area (Å²) in [6, 6.07) is 0.0407. The van der Waals surface area contributed by atoms with Crippen LogP contribution in [0.2, 0.25) is 0 Å². The van der Waals surface area contributed by atoms with E-state index < -0.39 is 11.8 Å². The van der Waals surface area contributed by atoms with E-state index in [2.05, 4.69) is 29.4 Å². The molecule has 0 heterocycles. The van der Waals surface area contributed by atoms with Gasteiger partial charge in [-0.05, 0) is 39.4 Å². The zero-order valence-corrected chi connectivity index (χ0v) is 12.1. The van der Waals surface area contributed by atoms with Gasteiger partial charge in [0.2, 0.25) is 0 Å². The lowest BCUT2D eigenvalue weighted by atomic mass is 10.2. The molecule has 0 aromatic heterocycles. The van der Waals surface area contributed by atoms with Crippen LogP contribution < -0.4 is 10.6 Å². The van der Waals surface area contributed by atoms with E-state index in [-0.39, 0.29) is 6.04 Å². The number of carbonyl (C=O) groups is 2. The summed E-state index contributed by atoms with van der Waals surface area (Å²) in [6.45, 7) is 11.6. The number of nitrogens with zero attached hydrogens (tertiary/aromatic N) is 1. The lowest BCUT2D eigenvalue weighted by Gasteiger charge is -2.17. The van der Waals surface area contributed by atoms with Crippen LogP contribution >= 0.6 is 0 Å². The molecule has 0 aliphatic heterocycles. The first-order valence-corrected chi connectivity index (χ1v) is 6.86. The quantitative estimate of drug-likeness (QED) is 0.498. The van der Waals surface area contributed by atoms with Gasteiger partial charge in [-0.1, -0.05) is 20.8 Å². The fraction of sp³-hybridized carbons (Fsp3) is 0.846. The fourth-order valence-corrected chi connectivity index (χ4v) is 1.52. The van der Waals surface area contributed by atoms with Crippen molar-refractivity contribution in [2.45, 2.75) is 46.6 Å². The van der Waals surface area contributed by atoms with Crippen LogP contribution in [0.15, 0.2) is 0 Å². The van der Waals surface area contributed by atoms with Crippen molar-refractivity contribution in [1.29, 1.82) is 0 Å². The van der Waals surface area contributed by atoms with Crippen LogP contribution in [0.25, 0.3) is 0 Å². The van der Waals surface area contributed by atoms with Crippen molar-refractivity contribution in [2.24, 2.45) is 0 Å². The maximum Gasteiger partial charge on any atom is 0.309 e. The monoisotopic (exact) mass is 257 g/mol. The van der Waals surface area contributed by atoms with Gasteiger partial charge in [-0.15, -0.1) is 0 Å². The summed E-state index contributed by atoms with van der Waals surface area (Å²) in [7, 11) is 0. The number of amides is 2. The van der Waals surface area contributed by atoms with Crippen molar-refractivity contribution in [3.8, 4) is 0 Å². The van der Waals surface area contributed by atoms with E-state index in [1.165, 1.54) is 0 Å². The van der Waals surface area contributed by atoms with E-state index >= 15 is 0 Å². The third kappa shape index (κ3) is 7.27. The van der Waals surface area contributed by atoms with Crippen molar-refractivity contribution in [3.05, 3.63) is 0 Å². The van der Waals surface area contributed by atoms with Crippen LogP contribution in [0.1, 0.15) is 40.5 Å². The molecule has 0 saturated heterocycles. The van der Waals surface area contributed by atoms with Crippen molar-refractivity contribution >= 4 is 11.8 Å². The highest BCUT2D eigenvalue weighted by molar-refractivity contribution is 6.35. The molecule has 1 atom stereocenters. The van der Waals surface area contributed by atoms with Gasteiger partial charge >= 0.3 is 11.8 Å². The van der Waals surface area contributed by atoms with Crippen LogP contribution in [0.4, 0.5) is 0 Å². The van der Waals surface area contributed by atoms with Gasteiger partial charge in [0.1, 0.15) is 0 Å². The number of nitrogens with one attached hydrogen (secondary N) is 2. The van der Waals surface area contributed by atoms with Gasteiger partial charge in [0, 0.05) is 12.6 Å². The van der Waals surface area contributed by atoms with Gasteiger partial charge in [-0.3, -0.25) is 9.59 Å². The molecule has 0 aromatic rings. The van der Waals surface area contributed by atoms with Crippen LogP contribution in [-0.4, -0.2) is 48.9 Å².